The van der Waals surface area contributed by atoms with Gasteiger partial charge in [-0.05, 0) is 42.8 Å². The van der Waals surface area contributed by atoms with Crippen LogP contribution >= 0.6 is 0 Å². The molecule has 0 aliphatic heterocycles. The Labute approximate surface area is 142 Å². The van der Waals surface area contributed by atoms with E-state index in [4.69, 9.17) is 0 Å². The Hall–Kier alpha value is -2.66. The molecule has 0 spiro atoms. The number of hydrogen-bond acceptors (Lipinski definition) is 3. The van der Waals surface area contributed by atoms with Gasteiger partial charge in [0.25, 0.3) is 0 Å². The van der Waals surface area contributed by atoms with E-state index >= 15 is 0 Å². The fourth-order valence-electron chi connectivity index (χ4n) is 2.21. The molecule has 0 unspecified atom stereocenters. The maximum Gasteiger partial charge on any atom is 0.238 e. The molecule has 0 aromatic heterocycles. The minimum atomic E-state index is -0.0866. The van der Waals surface area contributed by atoms with Gasteiger partial charge in [-0.1, -0.05) is 37.3 Å². The van der Waals surface area contributed by atoms with Crippen LogP contribution in [-0.2, 0) is 16.0 Å². The van der Waals surface area contributed by atoms with Crippen LogP contribution < -0.4 is 16.0 Å². The second-order valence-electron chi connectivity index (χ2n) is 5.44. The van der Waals surface area contributed by atoms with Crippen molar-refractivity contribution in [2.45, 2.75) is 19.8 Å². The van der Waals surface area contributed by atoms with Gasteiger partial charge in [0.15, 0.2) is 0 Å². The first-order valence-electron chi connectivity index (χ1n) is 8.12. The molecule has 0 saturated heterocycles. The predicted octanol–water partition coefficient (Wildman–Crippen LogP) is 2.81. The number of amides is 2. The standard InChI is InChI=1S/C19H23N3O2/c1-2-20-14-19(24)22-17-11-9-16(10-12-17)21-18(23)13-8-15-6-4-3-5-7-15/h3-7,9-12,20H,2,8,13-14H2,1H3,(H,21,23)(H,22,24). The topological polar surface area (TPSA) is 70.2 Å². The highest BCUT2D eigenvalue weighted by molar-refractivity contribution is 5.93. The zero-order chi connectivity index (χ0) is 17.2. The zero-order valence-electron chi connectivity index (χ0n) is 13.8. The van der Waals surface area contributed by atoms with E-state index in [1.165, 1.54) is 0 Å². The number of hydrogen-bond donors (Lipinski definition) is 3. The third-order valence-corrected chi connectivity index (χ3v) is 3.47. The number of carbonyl (C=O) groups excluding carboxylic acids is 2. The summed E-state index contributed by atoms with van der Waals surface area (Å²) < 4.78 is 0. The number of rotatable bonds is 8. The number of carbonyl (C=O) groups is 2. The van der Waals surface area contributed by atoms with E-state index in [1.807, 2.05) is 37.3 Å². The molecule has 0 radical (unpaired) electrons. The van der Waals surface area contributed by atoms with Crippen LogP contribution in [0.15, 0.2) is 54.6 Å². The lowest BCUT2D eigenvalue weighted by Gasteiger charge is -2.08. The second kappa shape index (κ2) is 9.47. The molecule has 0 bridgehead atoms. The first-order valence-corrected chi connectivity index (χ1v) is 8.12. The minimum absolute atomic E-state index is 0.0252. The smallest absolute Gasteiger partial charge is 0.238 e. The summed E-state index contributed by atoms with van der Waals surface area (Å²) in [4.78, 5) is 23.6. The number of benzene rings is 2. The number of anilines is 2. The molecule has 0 atom stereocenters. The monoisotopic (exact) mass is 325 g/mol. The van der Waals surface area contributed by atoms with Gasteiger partial charge in [-0.3, -0.25) is 9.59 Å². The van der Waals surface area contributed by atoms with Gasteiger partial charge in [0.1, 0.15) is 0 Å². The largest absolute Gasteiger partial charge is 0.326 e. The molecule has 0 aliphatic rings. The molecule has 0 heterocycles. The van der Waals surface area contributed by atoms with E-state index in [-0.39, 0.29) is 18.4 Å². The van der Waals surface area contributed by atoms with Crippen molar-refractivity contribution in [2.24, 2.45) is 0 Å². The quantitative estimate of drug-likeness (QED) is 0.699. The summed E-state index contributed by atoms with van der Waals surface area (Å²) in [7, 11) is 0. The molecule has 0 aliphatic carbocycles. The molecule has 3 N–H and O–H groups in total. The van der Waals surface area contributed by atoms with Crippen molar-refractivity contribution in [3.8, 4) is 0 Å². The van der Waals surface area contributed by atoms with Crippen molar-refractivity contribution in [1.29, 1.82) is 0 Å². The van der Waals surface area contributed by atoms with Crippen LogP contribution in [0.3, 0.4) is 0 Å². The van der Waals surface area contributed by atoms with E-state index in [1.54, 1.807) is 24.3 Å². The lowest BCUT2D eigenvalue weighted by atomic mass is 10.1. The van der Waals surface area contributed by atoms with Crippen molar-refractivity contribution in [1.82, 2.24) is 5.32 Å². The SMILES string of the molecule is CCNCC(=O)Nc1ccc(NC(=O)CCc2ccccc2)cc1. The molecule has 2 aromatic rings. The van der Waals surface area contributed by atoms with Crippen molar-refractivity contribution >= 4 is 23.2 Å². The summed E-state index contributed by atoms with van der Waals surface area (Å²) in [6.45, 7) is 2.98. The summed E-state index contributed by atoms with van der Waals surface area (Å²) in [6, 6.07) is 17.0. The van der Waals surface area contributed by atoms with Crippen LogP contribution in [0, 0.1) is 0 Å². The van der Waals surface area contributed by atoms with Crippen LogP contribution in [0.5, 0.6) is 0 Å². The molecular formula is C19H23N3O2. The average molecular weight is 325 g/mol. The molecule has 5 heteroatoms. The van der Waals surface area contributed by atoms with Crippen molar-refractivity contribution in [3.05, 3.63) is 60.2 Å². The Balaban J connectivity index is 1.78. The number of nitrogens with one attached hydrogen (secondary N) is 3. The Morgan fingerprint density at radius 3 is 2.00 bits per heavy atom. The Kier molecular flexibility index (Phi) is 6.98. The van der Waals surface area contributed by atoms with Crippen LogP contribution in [0.25, 0.3) is 0 Å². The highest BCUT2D eigenvalue weighted by Gasteiger charge is 2.04. The average Bonchev–Trinajstić information content (AvgIpc) is 2.61. The summed E-state index contributed by atoms with van der Waals surface area (Å²) >= 11 is 0. The maximum absolute atomic E-state index is 12.0. The lowest BCUT2D eigenvalue weighted by molar-refractivity contribution is -0.116. The van der Waals surface area contributed by atoms with Gasteiger partial charge < -0.3 is 16.0 Å². The highest BCUT2D eigenvalue weighted by Crippen LogP contribution is 2.14. The number of likely N-dealkylation sites (N-methyl/N-ethyl adjacent to an activating group) is 1. The molecule has 5 nitrogen and oxygen atoms in total. The van der Waals surface area contributed by atoms with Crippen LogP contribution in [0.4, 0.5) is 11.4 Å². The summed E-state index contributed by atoms with van der Waals surface area (Å²) in [5.74, 6) is -0.112. The second-order valence-corrected chi connectivity index (χ2v) is 5.44. The molecule has 2 rings (SSSR count). The maximum atomic E-state index is 12.0. The Bertz CT molecular complexity index is 654. The van der Waals surface area contributed by atoms with Crippen molar-refractivity contribution < 1.29 is 9.59 Å². The van der Waals surface area contributed by atoms with Gasteiger partial charge in [0.05, 0.1) is 6.54 Å². The van der Waals surface area contributed by atoms with Gasteiger partial charge in [-0.2, -0.15) is 0 Å². The molecule has 0 saturated carbocycles. The molecule has 2 aromatic carbocycles. The number of aryl methyl sites for hydroxylation is 1. The van der Waals surface area contributed by atoms with Crippen LogP contribution in [0.1, 0.15) is 18.9 Å². The molecule has 126 valence electrons. The fraction of sp³-hybridized carbons (Fsp3) is 0.263. The van der Waals surface area contributed by atoms with E-state index in [2.05, 4.69) is 16.0 Å². The van der Waals surface area contributed by atoms with E-state index in [9.17, 15) is 9.59 Å². The normalized spacial score (nSPS) is 10.2. The third kappa shape index (κ3) is 6.22. The molecule has 0 fully saturated rings. The van der Waals surface area contributed by atoms with Gasteiger partial charge in [0.2, 0.25) is 11.8 Å². The molecule has 2 amide bonds. The van der Waals surface area contributed by atoms with Crippen molar-refractivity contribution in [2.75, 3.05) is 23.7 Å². The van der Waals surface area contributed by atoms with Gasteiger partial charge in [-0.15, -0.1) is 0 Å². The van der Waals surface area contributed by atoms with Gasteiger partial charge >= 0.3 is 0 Å². The fourth-order valence-corrected chi connectivity index (χ4v) is 2.21. The van der Waals surface area contributed by atoms with Crippen LogP contribution in [-0.4, -0.2) is 24.9 Å². The minimum Gasteiger partial charge on any atom is -0.326 e. The summed E-state index contributed by atoms with van der Waals surface area (Å²) in [6.07, 6.45) is 1.15. The lowest BCUT2D eigenvalue weighted by Crippen LogP contribution is -2.27. The van der Waals surface area contributed by atoms with Crippen molar-refractivity contribution in [3.63, 3.8) is 0 Å². The molecular weight excluding hydrogens is 302 g/mol. The summed E-state index contributed by atoms with van der Waals surface area (Å²) in [5.41, 5.74) is 2.57. The third-order valence-electron chi connectivity index (χ3n) is 3.47. The van der Waals surface area contributed by atoms with E-state index < -0.39 is 0 Å². The Morgan fingerprint density at radius 2 is 1.42 bits per heavy atom. The summed E-state index contributed by atoms with van der Waals surface area (Å²) in [5, 5.41) is 8.62. The highest BCUT2D eigenvalue weighted by atomic mass is 16.2. The van der Waals surface area contributed by atoms with E-state index in [0.717, 1.165) is 17.8 Å². The van der Waals surface area contributed by atoms with Crippen LogP contribution in [0.2, 0.25) is 0 Å². The predicted molar refractivity (Wildman–Crippen MR) is 97.0 cm³/mol. The first-order chi connectivity index (χ1) is 11.7. The Morgan fingerprint density at radius 1 is 0.833 bits per heavy atom. The first kappa shape index (κ1) is 17.7. The van der Waals surface area contributed by atoms with Gasteiger partial charge in [-0.25, -0.2) is 0 Å². The zero-order valence-corrected chi connectivity index (χ0v) is 13.8. The van der Waals surface area contributed by atoms with Gasteiger partial charge in [0, 0.05) is 17.8 Å². The van der Waals surface area contributed by atoms with E-state index in [0.29, 0.717) is 18.5 Å². The molecule has 24 heavy (non-hydrogen) atoms.